The molecule has 0 unspecified atom stereocenters. The van der Waals surface area contributed by atoms with Gasteiger partial charge in [-0.15, -0.1) is 0 Å². The topological polar surface area (TPSA) is 55.3 Å². The molecule has 0 aliphatic heterocycles. The van der Waals surface area contributed by atoms with Crippen LogP contribution >= 0.6 is 45.8 Å². The number of amides is 1. The van der Waals surface area contributed by atoms with Crippen molar-refractivity contribution >= 4 is 65.7 Å². The number of aromatic nitrogens is 2. The van der Waals surface area contributed by atoms with Crippen LogP contribution in [0.4, 0.5) is 5.69 Å². The molecular formula is C19H24Cl2IN3O2Si. The molecule has 0 atom stereocenters. The summed E-state index contributed by atoms with van der Waals surface area (Å²) in [4.78, 5) is 22.7. The van der Waals surface area contributed by atoms with E-state index in [1.54, 1.807) is 4.90 Å². The molecule has 0 bridgehead atoms. The molecule has 2 rings (SSSR count). The number of carbonyl (C=O) groups is 1. The van der Waals surface area contributed by atoms with Gasteiger partial charge < -0.3 is 9.33 Å². The molecule has 0 N–H and O–H groups in total. The average Bonchev–Trinajstić information content (AvgIpc) is 2.58. The number of hydrogen-bond acceptors (Lipinski definition) is 4. The highest BCUT2D eigenvalue weighted by Gasteiger charge is 2.37. The Balaban J connectivity index is 2.30. The predicted octanol–water partition coefficient (Wildman–Crippen LogP) is 6.06. The van der Waals surface area contributed by atoms with Crippen molar-refractivity contribution in [3.63, 3.8) is 0 Å². The van der Waals surface area contributed by atoms with E-state index in [1.807, 2.05) is 24.3 Å². The monoisotopic (exact) mass is 551 g/mol. The summed E-state index contributed by atoms with van der Waals surface area (Å²) in [6.07, 6.45) is 1.23. The van der Waals surface area contributed by atoms with Crippen molar-refractivity contribution in [1.29, 1.82) is 0 Å². The zero-order valence-corrected chi connectivity index (χ0v) is 21.3. The lowest BCUT2D eigenvalue weighted by atomic mass is 10.2. The molecule has 0 fully saturated rings. The number of halogens is 3. The van der Waals surface area contributed by atoms with Crippen LogP contribution in [0.3, 0.4) is 0 Å². The lowest BCUT2D eigenvalue weighted by Gasteiger charge is -2.36. The van der Waals surface area contributed by atoms with E-state index in [4.69, 9.17) is 27.6 Å². The summed E-state index contributed by atoms with van der Waals surface area (Å²) >= 11 is 14.5. The molecule has 0 aliphatic rings. The van der Waals surface area contributed by atoms with Gasteiger partial charge in [0.25, 0.3) is 5.91 Å². The molecular weight excluding hydrogens is 528 g/mol. The Bertz CT molecular complexity index is 822. The van der Waals surface area contributed by atoms with E-state index < -0.39 is 8.32 Å². The van der Waals surface area contributed by atoms with Crippen molar-refractivity contribution in [3.05, 3.63) is 50.0 Å². The fourth-order valence-electron chi connectivity index (χ4n) is 2.23. The van der Waals surface area contributed by atoms with E-state index in [2.05, 4.69) is 66.4 Å². The molecule has 28 heavy (non-hydrogen) atoms. The molecule has 5 nitrogen and oxygen atoms in total. The van der Waals surface area contributed by atoms with Crippen molar-refractivity contribution in [2.45, 2.75) is 38.9 Å². The van der Waals surface area contributed by atoms with Crippen molar-refractivity contribution in [3.8, 4) is 0 Å². The first-order valence-corrected chi connectivity index (χ1v) is 13.6. The molecule has 1 heterocycles. The SMILES string of the molecule is CC(C)(C)[Si](C)(C)OCCN(C(=O)c1c(Cl)ncnc1Cl)c1ccc(I)cc1. The van der Waals surface area contributed by atoms with Crippen LogP contribution in [0.1, 0.15) is 31.1 Å². The van der Waals surface area contributed by atoms with Crippen molar-refractivity contribution in [1.82, 2.24) is 9.97 Å². The maximum atomic E-state index is 13.3. The predicted molar refractivity (Wildman–Crippen MR) is 126 cm³/mol. The van der Waals surface area contributed by atoms with E-state index in [1.165, 1.54) is 6.33 Å². The smallest absolute Gasteiger partial charge is 0.264 e. The highest BCUT2D eigenvalue weighted by molar-refractivity contribution is 14.1. The van der Waals surface area contributed by atoms with Crippen LogP contribution in [-0.2, 0) is 4.43 Å². The Morgan fingerprint density at radius 1 is 1.14 bits per heavy atom. The van der Waals surface area contributed by atoms with E-state index in [9.17, 15) is 4.79 Å². The van der Waals surface area contributed by atoms with Gasteiger partial charge in [-0.1, -0.05) is 44.0 Å². The third-order valence-electron chi connectivity index (χ3n) is 4.94. The summed E-state index contributed by atoms with van der Waals surface area (Å²) in [5.74, 6) is -0.351. The van der Waals surface area contributed by atoms with Crippen LogP contribution in [0.5, 0.6) is 0 Å². The third kappa shape index (κ3) is 5.66. The van der Waals surface area contributed by atoms with E-state index in [0.717, 1.165) is 9.26 Å². The van der Waals surface area contributed by atoms with Gasteiger partial charge in [-0.25, -0.2) is 9.97 Å². The largest absolute Gasteiger partial charge is 0.415 e. The number of rotatable bonds is 6. The molecule has 0 saturated carbocycles. The maximum Gasteiger partial charge on any atom is 0.264 e. The van der Waals surface area contributed by atoms with Crippen LogP contribution in [-0.4, -0.2) is 37.3 Å². The molecule has 9 heteroatoms. The van der Waals surface area contributed by atoms with Crippen LogP contribution < -0.4 is 4.90 Å². The average molecular weight is 552 g/mol. The minimum Gasteiger partial charge on any atom is -0.415 e. The minimum absolute atomic E-state index is 0.0332. The van der Waals surface area contributed by atoms with Gasteiger partial charge in [0.05, 0.1) is 6.61 Å². The molecule has 1 aromatic heterocycles. The molecule has 1 aromatic carbocycles. The first-order chi connectivity index (χ1) is 12.9. The summed E-state index contributed by atoms with van der Waals surface area (Å²) in [6.45, 7) is 11.7. The Hall–Kier alpha value is -0.743. The summed E-state index contributed by atoms with van der Waals surface area (Å²) in [7, 11) is -1.93. The van der Waals surface area contributed by atoms with Crippen molar-refractivity contribution in [2.24, 2.45) is 0 Å². The lowest BCUT2D eigenvalue weighted by Crippen LogP contribution is -2.43. The molecule has 1 amide bonds. The normalized spacial score (nSPS) is 12.1. The van der Waals surface area contributed by atoms with Gasteiger partial charge in [0.2, 0.25) is 0 Å². The van der Waals surface area contributed by atoms with Gasteiger partial charge in [-0.3, -0.25) is 4.79 Å². The number of nitrogens with zero attached hydrogens (tertiary/aromatic N) is 3. The second-order valence-corrected chi connectivity index (χ2v) is 14.6. The third-order valence-corrected chi connectivity index (χ3v) is 10.8. The number of anilines is 1. The zero-order chi connectivity index (χ0) is 21.1. The second kappa shape index (κ2) is 9.38. The van der Waals surface area contributed by atoms with Crippen LogP contribution in [0.15, 0.2) is 30.6 Å². The fraction of sp³-hybridized carbons (Fsp3) is 0.421. The molecule has 0 radical (unpaired) electrons. The van der Waals surface area contributed by atoms with Gasteiger partial charge in [-0.05, 0) is 65.0 Å². The quantitative estimate of drug-likeness (QED) is 0.249. The Morgan fingerprint density at radius 3 is 2.18 bits per heavy atom. The molecule has 0 saturated heterocycles. The molecule has 2 aromatic rings. The first kappa shape index (κ1) is 23.5. The maximum absolute atomic E-state index is 13.3. The van der Waals surface area contributed by atoms with E-state index in [0.29, 0.717) is 13.2 Å². The number of carbonyl (C=O) groups excluding carboxylic acids is 1. The number of benzene rings is 1. The van der Waals surface area contributed by atoms with Gasteiger partial charge in [0.1, 0.15) is 22.2 Å². The Kier molecular flexibility index (Phi) is 7.88. The van der Waals surface area contributed by atoms with Crippen LogP contribution in [0.25, 0.3) is 0 Å². The summed E-state index contributed by atoms with van der Waals surface area (Å²) in [6, 6.07) is 7.65. The molecule has 0 aliphatic carbocycles. The van der Waals surface area contributed by atoms with Gasteiger partial charge in [0, 0.05) is 15.8 Å². The van der Waals surface area contributed by atoms with Gasteiger partial charge >= 0.3 is 0 Å². The van der Waals surface area contributed by atoms with E-state index in [-0.39, 0.29) is 26.8 Å². The Morgan fingerprint density at radius 2 is 1.68 bits per heavy atom. The molecule has 0 spiro atoms. The minimum atomic E-state index is -1.93. The standard InChI is InChI=1S/C19H24Cl2IN3O2Si/c1-19(2,3)28(4,5)27-11-10-25(14-8-6-13(22)7-9-14)18(26)15-16(20)23-12-24-17(15)21/h6-9,12H,10-11H2,1-5H3. The number of hydrogen-bond donors (Lipinski definition) is 0. The fourth-order valence-corrected chi connectivity index (χ4v) is 4.10. The first-order valence-electron chi connectivity index (χ1n) is 8.81. The second-order valence-electron chi connectivity index (χ2n) is 7.87. The van der Waals surface area contributed by atoms with E-state index >= 15 is 0 Å². The highest BCUT2D eigenvalue weighted by atomic mass is 127. The van der Waals surface area contributed by atoms with Crippen LogP contribution in [0.2, 0.25) is 28.4 Å². The lowest BCUT2D eigenvalue weighted by molar-refractivity contribution is 0.0981. The molecule has 152 valence electrons. The van der Waals surface area contributed by atoms with Gasteiger partial charge in [0.15, 0.2) is 8.32 Å². The summed E-state index contributed by atoms with van der Waals surface area (Å²) in [5.41, 5.74) is 0.831. The Labute approximate surface area is 191 Å². The zero-order valence-electron chi connectivity index (χ0n) is 16.6. The summed E-state index contributed by atoms with van der Waals surface area (Å²) < 4.78 is 7.34. The van der Waals surface area contributed by atoms with Crippen molar-refractivity contribution in [2.75, 3.05) is 18.1 Å². The van der Waals surface area contributed by atoms with Crippen LogP contribution in [0, 0.1) is 3.57 Å². The van der Waals surface area contributed by atoms with Crippen molar-refractivity contribution < 1.29 is 9.22 Å². The highest BCUT2D eigenvalue weighted by Crippen LogP contribution is 2.36. The summed E-state index contributed by atoms with van der Waals surface area (Å²) in [5, 5.41) is 0.154. The van der Waals surface area contributed by atoms with Gasteiger partial charge in [-0.2, -0.15) is 0 Å².